The van der Waals surface area contributed by atoms with Crippen molar-refractivity contribution in [3.8, 4) is 0 Å². The predicted octanol–water partition coefficient (Wildman–Crippen LogP) is 2.21. The molecule has 0 saturated carbocycles. The lowest BCUT2D eigenvalue weighted by Crippen LogP contribution is -2.25. The molecular formula is C13H17F2NO2. The lowest BCUT2D eigenvalue weighted by Gasteiger charge is -2.11. The number of carbonyl (C=O) groups is 1. The van der Waals surface area contributed by atoms with Crippen molar-refractivity contribution in [3.63, 3.8) is 0 Å². The van der Waals surface area contributed by atoms with Gasteiger partial charge in [-0.05, 0) is 31.0 Å². The summed E-state index contributed by atoms with van der Waals surface area (Å²) in [6.07, 6.45) is 0.473. The second kappa shape index (κ2) is 6.56. The monoisotopic (exact) mass is 257 g/mol. The summed E-state index contributed by atoms with van der Waals surface area (Å²) in [6, 6.07) is 1.53. The molecule has 1 atom stereocenters. The highest BCUT2D eigenvalue weighted by atomic mass is 19.1. The molecule has 0 spiro atoms. The van der Waals surface area contributed by atoms with Crippen molar-refractivity contribution in [3.05, 3.63) is 34.9 Å². The zero-order valence-corrected chi connectivity index (χ0v) is 10.5. The third kappa shape index (κ3) is 3.85. The fourth-order valence-corrected chi connectivity index (χ4v) is 1.58. The van der Waals surface area contributed by atoms with Crippen LogP contribution in [-0.4, -0.2) is 25.5 Å². The highest BCUT2D eigenvalue weighted by molar-refractivity contribution is 5.96. The predicted molar refractivity (Wildman–Crippen MR) is 64.5 cm³/mol. The quantitative estimate of drug-likeness (QED) is 0.795. The molecule has 0 fully saturated rings. The van der Waals surface area contributed by atoms with Crippen molar-refractivity contribution < 1.29 is 18.3 Å². The van der Waals surface area contributed by atoms with E-state index in [4.69, 9.17) is 10.5 Å². The Morgan fingerprint density at radius 1 is 1.39 bits per heavy atom. The first kappa shape index (κ1) is 14.7. The van der Waals surface area contributed by atoms with E-state index in [1.165, 1.54) is 14.0 Å². The van der Waals surface area contributed by atoms with Crippen LogP contribution in [0.2, 0.25) is 0 Å². The summed E-state index contributed by atoms with van der Waals surface area (Å²) in [5.41, 5.74) is 5.63. The number of hydrogen-bond donors (Lipinski definition) is 1. The van der Waals surface area contributed by atoms with Crippen molar-refractivity contribution >= 4 is 5.78 Å². The van der Waals surface area contributed by atoms with Crippen LogP contribution in [0.25, 0.3) is 0 Å². The van der Waals surface area contributed by atoms with E-state index in [9.17, 15) is 13.6 Å². The van der Waals surface area contributed by atoms with E-state index in [0.717, 1.165) is 12.1 Å². The minimum absolute atomic E-state index is 0.0250. The van der Waals surface area contributed by atoms with Gasteiger partial charge in [-0.25, -0.2) is 8.78 Å². The Morgan fingerprint density at radius 2 is 2.06 bits per heavy atom. The largest absolute Gasteiger partial charge is 0.385 e. The summed E-state index contributed by atoms with van der Waals surface area (Å²) in [6.45, 7) is 1.87. The summed E-state index contributed by atoms with van der Waals surface area (Å²) >= 11 is 0. The van der Waals surface area contributed by atoms with Gasteiger partial charge in [0.25, 0.3) is 0 Å². The summed E-state index contributed by atoms with van der Waals surface area (Å²) in [4.78, 5) is 11.8. The third-order valence-electron chi connectivity index (χ3n) is 2.69. The second-order valence-electron chi connectivity index (χ2n) is 4.25. The first-order valence-electron chi connectivity index (χ1n) is 5.69. The molecule has 2 N–H and O–H groups in total. The molecule has 0 aliphatic rings. The molecule has 0 heterocycles. The number of hydrogen-bond acceptors (Lipinski definition) is 3. The smallest absolute Gasteiger partial charge is 0.167 e. The van der Waals surface area contributed by atoms with Crippen molar-refractivity contribution in [1.29, 1.82) is 0 Å². The van der Waals surface area contributed by atoms with E-state index in [-0.39, 0.29) is 17.5 Å². The number of benzene rings is 1. The number of Topliss-reactive ketones (excluding diaryl/α,β-unsaturated/α-hetero) is 1. The highest BCUT2D eigenvalue weighted by Crippen LogP contribution is 2.16. The molecule has 0 aliphatic carbocycles. The fourth-order valence-electron chi connectivity index (χ4n) is 1.58. The molecule has 0 radical (unpaired) electrons. The average molecular weight is 257 g/mol. The number of rotatable bonds is 6. The Hall–Kier alpha value is -1.33. The van der Waals surface area contributed by atoms with Crippen LogP contribution in [0.1, 0.15) is 28.8 Å². The van der Waals surface area contributed by atoms with Gasteiger partial charge < -0.3 is 10.5 Å². The van der Waals surface area contributed by atoms with Crippen molar-refractivity contribution in [2.45, 2.75) is 25.8 Å². The van der Waals surface area contributed by atoms with Gasteiger partial charge in [-0.3, -0.25) is 4.79 Å². The molecule has 0 amide bonds. The van der Waals surface area contributed by atoms with Crippen LogP contribution in [0.5, 0.6) is 0 Å². The zero-order chi connectivity index (χ0) is 13.7. The van der Waals surface area contributed by atoms with Crippen LogP contribution >= 0.6 is 0 Å². The molecule has 3 nitrogen and oxygen atoms in total. The van der Waals surface area contributed by atoms with Gasteiger partial charge in [0.1, 0.15) is 11.6 Å². The van der Waals surface area contributed by atoms with Gasteiger partial charge in [0.15, 0.2) is 5.78 Å². The number of ether oxygens (including phenoxy) is 1. The van der Waals surface area contributed by atoms with Gasteiger partial charge >= 0.3 is 0 Å². The Labute approximate surface area is 105 Å². The Balaban J connectivity index is 2.75. The minimum Gasteiger partial charge on any atom is -0.385 e. The van der Waals surface area contributed by atoms with E-state index in [0.29, 0.717) is 13.0 Å². The molecule has 0 bridgehead atoms. The molecule has 18 heavy (non-hydrogen) atoms. The summed E-state index contributed by atoms with van der Waals surface area (Å²) in [5.74, 6) is -1.79. The Kier molecular flexibility index (Phi) is 5.37. The Bertz CT molecular complexity index is 435. The van der Waals surface area contributed by atoms with Crippen LogP contribution in [0.4, 0.5) is 8.78 Å². The molecule has 5 heteroatoms. The molecule has 1 aromatic carbocycles. The lowest BCUT2D eigenvalue weighted by atomic mass is 10.0. The lowest BCUT2D eigenvalue weighted by molar-refractivity contribution is 0.0962. The standard InChI is InChI=1S/C13H17F2NO2/c1-8-5-12(15)10(7-11(8)14)13(17)6-9(16)3-4-18-2/h5,7,9H,3-4,6,16H2,1-2H3. The third-order valence-corrected chi connectivity index (χ3v) is 2.69. The van der Waals surface area contributed by atoms with E-state index in [2.05, 4.69) is 0 Å². The number of methoxy groups -OCH3 is 1. The second-order valence-corrected chi connectivity index (χ2v) is 4.25. The molecule has 0 aliphatic heterocycles. The van der Waals surface area contributed by atoms with Crippen LogP contribution < -0.4 is 5.73 Å². The number of ketones is 1. The average Bonchev–Trinajstić information content (AvgIpc) is 2.31. The first-order valence-corrected chi connectivity index (χ1v) is 5.69. The van der Waals surface area contributed by atoms with Crippen LogP contribution in [0.3, 0.4) is 0 Å². The van der Waals surface area contributed by atoms with Gasteiger partial charge in [-0.15, -0.1) is 0 Å². The summed E-state index contributed by atoms with van der Waals surface area (Å²) < 4.78 is 31.7. The van der Waals surface area contributed by atoms with Gasteiger partial charge in [-0.1, -0.05) is 0 Å². The Morgan fingerprint density at radius 3 is 2.67 bits per heavy atom. The minimum atomic E-state index is -0.710. The SMILES string of the molecule is COCCC(N)CC(=O)c1cc(F)c(C)cc1F. The van der Waals surface area contributed by atoms with Crippen molar-refractivity contribution in [1.82, 2.24) is 0 Å². The summed E-state index contributed by atoms with van der Waals surface area (Å²) in [5, 5.41) is 0. The first-order chi connectivity index (χ1) is 8.45. The zero-order valence-electron chi connectivity index (χ0n) is 10.5. The normalized spacial score (nSPS) is 12.5. The topological polar surface area (TPSA) is 52.3 Å². The fraction of sp³-hybridized carbons (Fsp3) is 0.462. The maximum Gasteiger partial charge on any atom is 0.167 e. The maximum atomic E-state index is 13.5. The maximum absolute atomic E-state index is 13.5. The van der Waals surface area contributed by atoms with Gasteiger partial charge in [-0.2, -0.15) is 0 Å². The molecular weight excluding hydrogens is 240 g/mol. The number of aryl methyl sites for hydroxylation is 1. The van der Waals surface area contributed by atoms with Gasteiger partial charge in [0.2, 0.25) is 0 Å². The molecule has 100 valence electrons. The van der Waals surface area contributed by atoms with Crippen LogP contribution in [0.15, 0.2) is 12.1 Å². The van der Waals surface area contributed by atoms with E-state index < -0.39 is 23.5 Å². The highest BCUT2D eigenvalue weighted by Gasteiger charge is 2.17. The number of nitrogens with two attached hydrogens (primary N) is 1. The van der Waals surface area contributed by atoms with Gasteiger partial charge in [0.05, 0.1) is 5.56 Å². The molecule has 0 aromatic heterocycles. The molecule has 0 saturated heterocycles. The van der Waals surface area contributed by atoms with Gasteiger partial charge in [0, 0.05) is 26.2 Å². The van der Waals surface area contributed by atoms with Crippen molar-refractivity contribution in [2.75, 3.05) is 13.7 Å². The number of halogens is 2. The van der Waals surface area contributed by atoms with E-state index in [1.807, 2.05) is 0 Å². The van der Waals surface area contributed by atoms with Crippen molar-refractivity contribution in [2.24, 2.45) is 5.73 Å². The molecule has 1 unspecified atom stereocenters. The number of carbonyl (C=O) groups excluding carboxylic acids is 1. The van der Waals surface area contributed by atoms with Crippen LogP contribution in [0, 0.1) is 18.6 Å². The van der Waals surface area contributed by atoms with E-state index >= 15 is 0 Å². The van der Waals surface area contributed by atoms with Crippen LogP contribution in [-0.2, 0) is 4.74 Å². The molecule has 1 aromatic rings. The molecule has 1 rings (SSSR count). The van der Waals surface area contributed by atoms with E-state index in [1.54, 1.807) is 0 Å². The summed E-state index contributed by atoms with van der Waals surface area (Å²) in [7, 11) is 1.53.